The van der Waals surface area contributed by atoms with Crippen LogP contribution in [0.5, 0.6) is 5.75 Å². The van der Waals surface area contributed by atoms with Crippen LogP contribution in [0.2, 0.25) is 0 Å². The van der Waals surface area contributed by atoms with E-state index in [9.17, 15) is 19.1 Å². The second-order valence-corrected chi connectivity index (χ2v) is 7.52. The number of aryl methyl sites for hydroxylation is 1. The van der Waals surface area contributed by atoms with E-state index >= 15 is 0 Å². The lowest BCUT2D eigenvalue weighted by molar-refractivity contribution is -0.132. The zero-order valence-corrected chi connectivity index (χ0v) is 17.7. The number of rotatable bonds is 5. The van der Waals surface area contributed by atoms with Gasteiger partial charge in [0.2, 0.25) is 0 Å². The van der Waals surface area contributed by atoms with Crippen molar-refractivity contribution in [3.63, 3.8) is 0 Å². The summed E-state index contributed by atoms with van der Waals surface area (Å²) in [6.45, 7) is 4.29. The zero-order valence-electron chi connectivity index (χ0n) is 17.7. The average Bonchev–Trinajstić information content (AvgIpc) is 3.05. The number of carbonyl (C=O) groups excluding carboxylic acids is 2. The highest BCUT2D eigenvalue weighted by atomic mass is 19.1. The minimum absolute atomic E-state index is 0.0407. The summed E-state index contributed by atoms with van der Waals surface area (Å²) < 4.78 is 18.9. The number of ether oxygens (including phenoxy) is 1. The van der Waals surface area contributed by atoms with Gasteiger partial charge < -0.3 is 9.84 Å². The lowest BCUT2D eigenvalue weighted by Crippen LogP contribution is -2.29. The van der Waals surface area contributed by atoms with Crippen molar-refractivity contribution in [1.82, 2.24) is 0 Å². The van der Waals surface area contributed by atoms with Crippen LogP contribution in [0, 0.1) is 12.7 Å². The predicted molar refractivity (Wildman–Crippen MR) is 120 cm³/mol. The Hall–Kier alpha value is -3.93. The minimum Gasteiger partial charge on any atom is -0.507 e. The summed E-state index contributed by atoms with van der Waals surface area (Å²) in [5.41, 5.74) is 2.35. The van der Waals surface area contributed by atoms with Crippen molar-refractivity contribution in [2.24, 2.45) is 0 Å². The number of benzene rings is 3. The van der Waals surface area contributed by atoms with Crippen molar-refractivity contribution < 1.29 is 23.8 Å². The first-order valence-corrected chi connectivity index (χ1v) is 10.3. The van der Waals surface area contributed by atoms with Gasteiger partial charge in [0.25, 0.3) is 11.7 Å². The highest BCUT2D eigenvalue weighted by Gasteiger charge is 2.47. The summed E-state index contributed by atoms with van der Waals surface area (Å²) in [6, 6.07) is 18.6. The van der Waals surface area contributed by atoms with Gasteiger partial charge in [0.15, 0.2) is 0 Å². The Morgan fingerprint density at radius 2 is 1.72 bits per heavy atom. The van der Waals surface area contributed by atoms with Gasteiger partial charge in [0, 0.05) is 11.3 Å². The van der Waals surface area contributed by atoms with Crippen LogP contribution >= 0.6 is 0 Å². The van der Waals surface area contributed by atoms with E-state index in [0.717, 1.165) is 5.56 Å². The molecule has 3 aromatic rings. The van der Waals surface area contributed by atoms with Crippen molar-refractivity contribution in [3.05, 3.63) is 101 Å². The van der Waals surface area contributed by atoms with Crippen LogP contribution < -0.4 is 9.64 Å². The molecule has 3 aromatic carbocycles. The Kier molecular flexibility index (Phi) is 5.77. The van der Waals surface area contributed by atoms with E-state index in [1.165, 1.54) is 29.2 Å². The SMILES string of the molecule is CCOc1ccc(N2C(=O)C(=O)/C(=C(\O)c3ccc(F)cc3)C2c2cccc(C)c2)cc1. The number of ketones is 1. The number of carbonyl (C=O) groups is 2. The Balaban J connectivity index is 1.89. The highest BCUT2D eigenvalue weighted by Crippen LogP contribution is 2.42. The predicted octanol–water partition coefficient (Wildman–Crippen LogP) is 5.16. The molecule has 0 bridgehead atoms. The maximum absolute atomic E-state index is 13.4. The van der Waals surface area contributed by atoms with E-state index in [2.05, 4.69) is 0 Å². The molecule has 1 heterocycles. The number of aliphatic hydroxyl groups is 1. The summed E-state index contributed by atoms with van der Waals surface area (Å²) in [7, 11) is 0. The first-order valence-electron chi connectivity index (χ1n) is 10.3. The molecule has 0 aromatic heterocycles. The molecule has 1 atom stereocenters. The molecule has 162 valence electrons. The van der Waals surface area contributed by atoms with E-state index < -0.39 is 23.5 Å². The molecule has 1 saturated heterocycles. The highest BCUT2D eigenvalue weighted by molar-refractivity contribution is 6.51. The van der Waals surface area contributed by atoms with Crippen LogP contribution in [0.25, 0.3) is 5.76 Å². The van der Waals surface area contributed by atoms with E-state index in [-0.39, 0.29) is 16.9 Å². The molecule has 1 aliphatic rings. The first-order chi connectivity index (χ1) is 15.4. The molecule has 1 unspecified atom stereocenters. The molecule has 0 aliphatic carbocycles. The van der Waals surface area contributed by atoms with Crippen molar-refractivity contribution in [1.29, 1.82) is 0 Å². The summed E-state index contributed by atoms with van der Waals surface area (Å²) in [4.78, 5) is 27.6. The second-order valence-electron chi connectivity index (χ2n) is 7.52. The second kappa shape index (κ2) is 8.67. The third kappa shape index (κ3) is 3.87. The summed E-state index contributed by atoms with van der Waals surface area (Å²) in [5, 5.41) is 11.0. The Bertz CT molecular complexity index is 1200. The summed E-state index contributed by atoms with van der Waals surface area (Å²) in [6.07, 6.45) is 0. The number of hydrogen-bond acceptors (Lipinski definition) is 4. The Morgan fingerprint density at radius 1 is 1.03 bits per heavy atom. The number of aliphatic hydroxyl groups excluding tert-OH is 1. The molecule has 1 N–H and O–H groups in total. The van der Waals surface area contributed by atoms with Gasteiger partial charge in [-0.3, -0.25) is 14.5 Å². The smallest absolute Gasteiger partial charge is 0.300 e. The molecule has 0 radical (unpaired) electrons. The molecule has 1 fully saturated rings. The molecule has 0 spiro atoms. The lowest BCUT2D eigenvalue weighted by atomic mass is 9.94. The van der Waals surface area contributed by atoms with E-state index in [1.54, 1.807) is 24.3 Å². The zero-order chi connectivity index (χ0) is 22.8. The maximum Gasteiger partial charge on any atom is 0.300 e. The summed E-state index contributed by atoms with van der Waals surface area (Å²) >= 11 is 0. The fourth-order valence-corrected chi connectivity index (χ4v) is 3.89. The van der Waals surface area contributed by atoms with Gasteiger partial charge in [-0.15, -0.1) is 0 Å². The molecule has 32 heavy (non-hydrogen) atoms. The fourth-order valence-electron chi connectivity index (χ4n) is 3.89. The number of halogens is 1. The number of hydrogen-bond donors (Lipinski definition) is 1. The van der Waals surface area contributed by atoms with Crippen molar-refractivity contribution >= 4 is 23.1 Å². The van der Waals surface area contributed by atoms with Crippen LogP contribution in [0.15, 0.2) is 78.4 Å². The van der Waals surface area contributed by atoms with E-state index in [0.29, 0.717) is 23.6 Å². The van der Waals surface area contributed by atoms with Crippen LogP contribution in [0.1, 0.15) is 29.7 Å². The van der Waals surface area contributed by atoms with Gasteiger partial charge in [-0.1, -0.05) is 29.8 Å². The first kappa shape index (κ1) is 21.3. The lowest BCUT2D eigenvalue weighted by Gasteiger charge is -2.26. The molecule has 5 nitrogen and oxygen atoms in total. The number of anilines is 1. The quantitative estimate of drug-likeness (QED) is 0.344. The van der Waals surface area contributed by atoms with Gasteiger partial charge in [-0.2, -0.15) is 0 Å². The van der Waals surface area contributed by atoms with Gasteiger partial charge in [-0.25, -0.2) is 4.39 Å². The number of amides is 1. The van der Waals surface area contributed by atoms with Crippen molar-refractivity contribution in [3.8, 4) is 5.75 Å². The molecule has 0 saturated carbocycles. The van der Waals surface area contributed by atoms with Gasteiger partial charge in [-0.05, 0) is 67.9 Å². The van der Waals surface area contributed by atoms with Gasteiger partial charge >= 0.3 is 0 Å². The fraction of sp³-hybridized carbons (Fsp3) is 0.154. The van der Waals surface area contributed by atoms with E-state index in [4.69, 9.17) is 4.74 Å². The maximum atomic E-state index is 13.4. The van der Waals surface area contributed by atoms with Crippen LogP contribution in [-0.4, -0.2) is 23.4 Å². The van der Waals surface area contributed by atoms with Crippen LogP contribution in [0.4, 0.5) is 10.1 Å². The monoisotopic (exact) mass is 431 g/mol. The topological polar surface area (TPSA) is 66.8 Å². The Labute approximate surface area is 185 Å². The van der Waals surface area contributed by atoms with Crippen LogP contribution in [0.3, 0.4) is 0 Å². The van der Waals surface area contributed by atoms with E-state index in [1.807, 2.05) is 38.1 Å². The minimum atomic E-state index is -0.835. The molecule has 1 aliphatic heterocycles. The molecule has 4 rings (SSSR count). The molecular weight excluding hydrogens is 409 g/mol. The summed E-state index contributed by atoms with van der Waals surface area (Å²) in [5.74, 6) is -1.71. The standard InChI is InChI=1S/C26H22FNO4/c1-3-32-21-13-11-20(12-14-21)28-23(18-6-4-5-16(2)15-18)22(25(30)26(28)31)24(29)17-7-9-19(27)10-8-17/h4-15,23,29H,3H2,1-2H3/b24-22-. The van der Waals surface area contributed by atoms with Gasteiger partial charge in [0.1, 0.15) is 17.3 Å². The van der Waals surface area contributed by atoms with Crippen LogP contribution in [-0.2, 0) is 9.59 Å². The normalized spacial score (nSPS) is 17.6. The molecule has 1 amide bonds. The number of Topliss-reactive ketones (excluding diaryl/α,β-unsaturated/α-hetero) is 1. The molecule has 6 heteroatoms. The third-order valence-electron chi connectivity index (χ3n) is 5.35. The van der Waals surface area contributed by atoms with Crippen molar-refractivity contribution in [2.75, 3.05) is 11.5 Å². The number of nitrogens with zero attached hydrogens (tertiary/aromatic N) is 1. The third-order valence-corrected chi connectivity index (χ3v) is 5.35. The van der Waals surface area contributed by atoms with Crippen molar-refractivity contribution in [2.45, 2.75) is 19.9 Å². The van der Waals surface area contributed by atoms with Gasteiger partial charge in [0.05, 0.1) is 18.2 Å². The largest absolute Gasteiger partial charge is 0.507 e. The molecular formula is C26H22FNO4. The Morgan fingerprint density at radius 3 is 2.34 bits per heavy atom. The average molecular weight is 431 g/mol.